The van der Waals surface area contributed by atoms with E-state index in [1.807, 2.05) is 0 Å². The van der Waals surface area contributed by atoms with Gasteiger partial charge in [-0.2, -0.15) is 0 Å². The Labute approximate surface area is 121 Å². The molecule has 0 amide bonds. The van der Waals surface area contributed by atoms with Gasteiger partial charge in [-0.15, -0.1) is 0 Å². The molecule has 1 aromatic rings. The van der Waals surface area contributed by atoms with Crippen LogP contribution in [-0.4, -0.2) is 34.9 Å². The molecule has 0 radical (unpaired) electrons. The molecule has 1 saturated heterocycles. The lowest BCUT2D eigenvalue weighted by molar-refractivity contribution is 0.00578. The lowest BCUT2D eigenvalue weighted by Gasteiger charge is -2.32. The number of hydrogen-bond acceptors (Lipinski definition) is 4. The van der Waals surface area contributed by atoms with E-state index in [2.05, 4.69) is 9.72 Å². The van der Waals surface area contributed by atoms with E-state index in [-0.39, 0.29) is 10.2 Å². The summed E-state index contributed by atoms with van der Waals surface area (Å²) in [6, 6.07) is -0.870. The van der Waals surface area contributed by atoms with Gasteiger partial charge in [-0.05, 0) is 34.5 Å². The Balaban J connectivity index is 2.72. The van der Waals surface area contributed by atoms with Crippen LogP contribution in [0.25, 0.3) is 0 Å². The SMILES string of the molecule is [2H]C([2H])([2H])Oc1nc(B2OC(C)(C)C(C)(C)O2)c(C([2H])([2H])[2H])n1C([2H])([2H])[2H]. The van der Waals surface area contributed by atoms with Crippen molar-refractivity contribution in [2.45, 2.75) is 45.7 Å². The highest BCUT2D eigenvalue weighted by atomic mass is 16.7. The largest absolute Gasteiger partial charge is 0.516 e. The first kappa shape index (κ1) is 5.97. The van der Waals surface area contributed by atoms with E-state index >= 15 is 0 Å². The molecule has 2 heterocycles. The van der Waals surface area contributed by atoms with Gasteiger partial charge in [0.05, 0.1) is 27.9 Å². The van der Waals surface area contributed by atoms with E-state index in [1.54, 1.807) is 27.7 Å². The quantitative estimate of drug-likeness (QED) is 0.746. The number of nitrogens with zero attached hydrogens (tertiary/aromatic N) is 2. The van der Waals surface area contributed by atoms with Gasteiger partial charge in [-0.3, -0.25) is 0 Å². The second kappa shape index (κ2) is 4.00. The van der Waals surface area contributed by atoms with Crippen LogP contribution in [0.15, 0.2) is 0 Å². The van der Waals surface area contributed by atoms with Gasteiger partial charge in [0.15, 0.2) is 0 Å². The fourth-order valence-corrected chi connectivity index (χ4v) is 1.60. The molecule has 6 heteroatoms. The maximum absolute atomic E-state index is 7.76. The Hall–Kier alpha value is -1.01. The van der Waals surface area contributed by atoms with E-state index in [9.17, 15) is 0 Å². The standard InChI is InChI=1S/C12H21BN2O3/c1-8-9(14-10(16-7)15(8)6)13-17-11(2,3)12(4,5)18-13/h1-7H3/i1D3,6D3,7D3. The number of methoxy groups -OCH3 is 1. The van der Waals surface area contributed by atoms with E-state index < -0.39 is 50.9 Å². The molecule has 0 atom stereocenters. The van der Waals surface area contributed by atoms with Crippen molar-refractivity contribution in [1.82, 2.24) is 9.55 Å². The van der Waals surface area contributed by atoms with Gasteiger partial charge in [0.2, 0.25) is 0 Å². The molecular weight excluding hydrogens is 231 g/mol. The predicted molar refractivity (Wildman–Crippen MR) is 70.2 cm³/mol. The maximum Gasteiger partial charge on any atom is 0.516 e. The Bertz CT molecular complexity index is 705. The molecule has 0 aromatic carbocycles. The number of aromatic nitrogens is 2. The summed E-state index contributed by atoms with van der Waals surface area (Å²) in [5.74, 6) is 0. The Kier molecular flexibility index (Phi) is 1.33. The molecule has 0 saturated carbocycles. The Morgan fingerprint density at radius 2 is 1.94 bits per heavy atom. The van der Waals surface area contributed by atoms with Crippen LogP contribution >= 0.6 is 0 Å². The lowest BCUT2D eigenvalue weighted by atomic mass is 9.83. The van der Waals surface area contributed by atoms with Crippen molar-refractivity contribution < 1.29 is 26.4 Å². The van der Waals surface area contributed by atoms with Crippen LogP contribution in [0.3, 0.4) is 0 Å². The van der Waals surface area contributed by atoms with Crippen LogP contribution in [-0.2, 0) is 16.3 Å². The molecule has 1 aliphatic rings. The summed E-state index contributed by atoms with van der Waals surface area (Å²) >= 11 is 0. The van der Waals surface area contributed by atoms with Crippen molar-refractivity contribution in [3.8, 4) is 6.01 Å². The molecule has 1 fully saturated rings. The zero-order valence-electron chi connectivity index (χ0n) is 19.7. The minimum atomic E-state index is -3.06. The normalized spacial score (nSPS) is 30.9. The summed E-state index contributed by atoms with van der Waals surface area (Å²) in [4.78, 5) is 3.85. The first-order chi connectivity index (χ1) is 11.8. The van der Waals surface area contributed by atoms with Crippen LogP contribution in [0.1, 0.15) is 45.7 Å². The number of rotatable bonds is 2. The highest BCUT2D eigenvalue weighted by molar-refractivity contribution is 6.61. The molecule has 1 aromatic heterocycles. The highest BCUT2D eigenvalue weighted by Crippen LogP contribution is 2.36. The first-order valence-electron chi connectivity index (χ1n) is 9.94. The third-order valence-electron chi connectivity index (χ3n) is 3.44. The molecule has 0 bridgehead atoms. The van der Waals surface area contributed by atoms with Crippen molar-refractivity contribution in [3.63, 3.8) is 0 Å². The van der Waals surface area contributed by atoms with Gasteiger partial charge in [-0.25, -0.2) is 4.98 Å². The van der Waals surface area contributed by atoms with E-state index in [1.165, 1.54) is 0 Å². The molecule has 5 nitrogen and oxygen atoms in total. The lowest BCUT2D eigenvalue weighted by Crippen LogP contribution is -2.41. The molecule has 18 heavy (non-hydrogen) atoms. The molecule has 100 valence electrons. The Morgan fingerprint density at radius 3 is 2.44 bits per heavy atom. The molecule has 0 unspecified atom stereocenters. The average molecular weight is 261 g/mol. The molecule has 0 aliphatic carbocycles. The topological polar surface area (TPSA) is 45.5 Å². The summed E-state index contributed by atoms with van der Waals surface area (Å²) in [6.07, 6.45) is 0. The third kappa shape index (κ3) is 1.84. The van der Waals surface area contributed by atoms with Crippen molar-refractivity contribution in [3.05, 3.63) is 5.69 Å². The summed E-state index contributed by atoms with van der Waals surface area (Å²) in [6.45, 7) is 0.895. The van der Waals surface area contributed by atoms with E-state index in [4.69, 9.17) is 21.6 Å². The second-order valence-corrected chi connectivity index (χ2v) is 5.15. The second-order valence-electron chi connectivity index (χ2n) is 5.15. The highest BCUT2D eigenvalue weighted by Gasteiger charge is 2.53. The van der Waals surface area contributed by atoms with Gasteiger partial charge < -0.3 is 18.6 Å². The molecule has 2 rings (SSSR count). The van der Waals surface area contributed by atoms with Crippen LogP contribution in [0.2, 0.25) is 0 Å². The van der Waals surface area contributed by atoms with Crippen LogP contribution in [0, 0.1) is 6.85 Å². The van der Waals surface area contributed by atoms with Gasteiger partial charge in [0.25, 0.3) is 6.01 Å². The van der Waals surface area contributed by atoms with Crippen molar-refractivity contribution in [2.75, 3.05) is 7.04 Å². The average Bonchev–Trinajstić information content (AvgIpc) is 2.82. The minimum absolute atomic E-state index is 0.284. The monoisotopic (exact) mass is 261 g/mol. The Morgan fingerprint density at radius 1 is 1.28 bits per heavy atom. The van der Waals surface area contributed by atoms with Crippen molar-refractivity contribution in [1.29, 1.82) is 0 Å². The molecular formula is C12H21BN2O3. The smallest absolute Gasteiger partial charge is 0.468 e. The van der Waals surface area contributed by atoms with Crippen LogP contribution in [0.4, 0.5) is 0 Å². The summed E-state index contributed by atoms with van der Waals surface area (Å²) in [5, 5.41) is 0. The zero-order chi connectivity index (χ0) is 21.2. The zero-order valence-corrected chi connectivity index (χ0v) is 10.7. The van der Waals surface area contributed by atoms with Gasteiger partial charge in [-0.1, -0.05) is 0 Å². The molecule has 1 aliphatic heterocycles. The summed E-state index contributed by atoms with van der Waals surface area (Å²) in [5.41, 5.74) is -2.78. The van der Waals surface area contributed by atoms with Gasteiger partial charge in [0, 0.05) is 20.9 Å². The maximum atomic E-state index is 7.76. The summed E-state index contributed by atoms with van der Waals surface area (Å²) in [7, 11) is -4.35. The first-order valence-corrected chi connectivity index (χ1v) is 5.44. The third-order valence-corrected chi connectivity index (χ3v) is 3.44. The number of hydrogen-bond donors (Lipinski definition) is 0. The van der Waals surface area contributed by atoms with Crippen LogP contribution < -0.4 is 10.3 Å². The summed E-state index contributed by atoms with van der Waals surface area (Å²) < 4.78 is 84.3. The molecule has 0 spiro atoms. The van der Waals surface area contributed by atoms with Crippen LogP contribution in [0.5, 0.6) is 6.01 Å². The number of ether oxygens (including phenoxy) is 1. The number of imidazole rings is 1. The van der Waals surface area contributed by atoms with Crippen molar-refractivity contribution in [2.24, 2.45) is 6.98 Å². The predicted octanol–water partition coefficient (Wildman–Crippen LogP) is 1.04. The van der Waals surface area contributed by atoms with E-state index in [0.29, 0.717) is 0 Å². The fourth-order valence-electron chi connectivity index (χ4n) is 1.60. The molecule has 0 N–H and O–H groups in total. The fraction of sp³-hybridized carbons (Fsp3) is 0.750. The van der Waals surface area contributed by atoms with Gasteiger partial charge >= 0.3 is 7.12 Å². The van der Waals surface area contributed by atoms with Gasteiger partial charge in [0.1, 0.15) is 0 Å². The van der Waals surface area contributed by atoms with E-state index in [0.717, 1.165) is 0 Å². The van der Waals surface area contributed by atoms with Crippen molar-refractivity contribution >= 4 is 12.7 Å². The minimum Gasteiger partial charge on any atom is -0.468 e.